The second kappa shape index (κ2) is 7.05. The molecule has 3 heterocycles. The molecule has 3 aromatic heterocycles. The number of hydrogen-bond acceptors (Lipinski definition) is 5. The number of nitrogens with one attached hydrogen (secondary N) is 2. The molecule has 5 rings (SSSR count). The number of aromatic nitrogens is 3. The maximum Gasteiger partial charge on any atom is 0.274 e. The summed E-state index contributed by atoms with van der Waals surface area (Å²) in [6.45, 7) is 5.72. The van der Waals surface area contributed by atoms with E-state index in [4.69, 9.17) is 13.9 Å². The molecule has 0 fully saturated rings. The summed E-state index contributed by atoms with van der Waals surface area (Å²) >= 11 is 0. The first kappa shape index (κ1) is 20.0. The van der Waals surface area contributed by atoms with Gasteiger partial charge in [-0.1, -0.05) is 6.07 Å². The van der Waals surface area contributed by atoms with Crippen LogP contribution < -0.4 is 20.5 Å². The first-order chi connectivity index (χ1) is 15.3. The third-order valence-corrected chi connectivity index (χ3v) is 5.89. The Morgan fingerprint density at radius 1 is 1.00 bits per heavy atom. The number of hydrogen-bond donors (Lipinski definition) is 2. The summed E-state index contributed by atoms with van der Waals surface area (Å²) in [7, 11) is 3.13. The molecule has 8 nitrogen and oxygen atoms in total. The molecule has 2 N–H and O–H groups in total. The zero-order chi connectivity index (χ0) is 22.7. The molecule has 0 unspecified atom stereocenters. The Hall–Kier alpha value is -3.94. The molecule has 32 heavy (non-hydrogen) atoms. The molecule has 5 aromatic rings. The number of ether oxygens (including phenoxy) is 2. The number of fused-ring (bicyclic) bond motifs is 4. The van der Waals surface area contributed by atoms with Crippen molar-refractivity contribution < 1.29 is 13.9 Å². The average molecular weight is 433 g/mol. The number of methoxy groups -OCH3 is 2. The van der Waals surface area contributed by atoms with Gasteiger partial charge in [0.1, 0.15) is 11.2 Å². The van der Waals surface area contributed by atoms with Crippen molar-refractivity contribution in [1.82, 2.24) is 14.8 Å². The van der Waals surface area contributed by atoms with Crippen molar-refractivity contribution in [2.75, 3.05) is 14.2 Å². The van der Waals surface area contributed by atoms with Crippen LogP contribution in [0.2, 0.25) is 0 Å². The Balaban J connectivity index is 2.02. The van der Waals surface area contributed by atoms with Crippen molar-refractivity contribution in [3.63, 3.8) is 0 Å². The highest BCUT2D eigenvalue weighted by molar-refractivity contribution is 6.14. The van der Waals surface area contributed by atoms with Gasteiger partial charge in [-0.25, -0.2) is 0 Å². The van der Waals surface area contributed by atoms with Crippen LogP contribution in [0, 0.1) is 6.92 Å². The number of benzene rings is 2. The molecule has 8 heteroatoms. The van der Waals surface area contributed by atoms with Gasteiger partial charge in [0.2, 0.25) is 0 Å². The minimum absolute atomic E-state index is 0.0142. The second-order valence-corrected chi connectivity index (χ2v) is 8.07. The van der Waals surface area contributed by atoms with Gasteiger partial charge < -0.3 is 18.9 Å². The number of aromatic amines is 2. The van der Waals surface area contributed by atoms with E-state index in [1.54, 1.807) is 38.0 Å². The van der Waals surface area contributed by atoms with E-state index < -0.39 is 0 Å². The predicted octanol–water partition coefficient (Wildman–Crippen LogP) is 4.49. The molecule has 0 atom stereocenters. The normalized spacial score (nSPS) is 11.8. The molecule has 164 valence electrons. The maximum atomic E-state index is 13.1. The number of H-pyrrole nitrogens is 2. The smallest absolute Gasteiger partial charge is 0.274 e. The highest BCUT2D eigenvalue weighted by Gasteiger charge is 2.24. The minimum Gasteiger partial charge on any atom is -0.493 e. The maximum absolute atomic E-state index is 13.1. The summed E-state index contributed by atoms with van der Waals surface area (Å²) in [5, 5.41) is 4.18. The number of furan rings is 1. The summed E-state index contributed by atoms with van der Waals surface area (Å²) in [4.78, 5) is 28.7. The summed E-state index contributed by atoms with van der Waals surface area (Å²) in [5.74, 6) is 1.12. The molecule has 0 aliphatic rings. The summed E-state index contributed by atoms with van der Waals surface area (Å²) in [5.41, 5.74) is 3.91. The molecule has 0 bridgehead atoms. The highest BCUT2D eigenvalue weighted by Crippen LogP contribution is 2.41. The summed E-state index contributed by atoms with van der Waals surface area (Å²) in [6.07, 6.45) is 0. The Labute approximate surface area is 182 Å². The quantitative estimate of drug-likeness (QED) is 0.435. The lowest BCUT2D eigenvalue weighted by Gasteiger charge is -2.12. The van der Waals surface area contributed by atoms with Crippen LogP contribution in [0.4, 0.5) is 0 Å². The zero-order valence-electron chi connectivity index (χ0n) is 18.5. The lowest BCUT2D eigenvalue weighted by Crippen LogP contribution is -2.07. The van der Waals surface area contributed by atoms with E-state index in [1.807, 2.05) is 26.0 Å². The van der Waals surface area contributed by atoms with Crippen LogP contribution in [-0.2, 0) is 0 Å². The number of rotatable bonds is 4. The first-order valence-electron chi connectivity index (χ1n) is 10.3. The Morgan fingerprint density at radius 2 is 1.75 bits per heavy atom. The fraction of sp³-hybridized carbons (Fsp3) is 0.250. The lowest BCUT2D eigenvalue weighted by molar-refractivity contribution is 0.355. The molecule has 0 saturated heterocycles. The third-order valence-electron chi connectivity index (χ3n) is 5.89. The van der Waals surface area contributed by atoms with E-state index in [2.05, 4.69) is 10.1 Å². The van der Waals surface area contributed by atoms with Gasteiger partial charge in [0.15, 0.2) is 22.5 Å². The minimum atomic E-state index is -0.238. The first-order valence-corrected chi connectivity index (χ1v) is 10.3. The third kappa shape index (κ3) is 2.69. The second-order valence-electron chi connectivity index (χ2n) is 8.07. The topological polar surface area (TPSA) is 102 Å². The van der Waals surface area contributed by atoms with Crippen molar-refractivity contribution >= 4 is 33.1 Å². The molecular weight excluding hydrogens is 410 g/mol. The molecule has 0 amide bonds. The van der Waals surface area contributed by atoms with Crippen LogP contribution >= 0.6 is 0 Å². The van der Waals surface area contributed by atoms with Crippen molar-refractivity contribution in [1.29, 1.82) is 0 Å². The fourth-order valence-electron chi connectivity index (χ4n) is 4.27. The molecule has 2 aromatic carbocycles. The predicted molar refractivity (Wildman–Crippen MR) is 124 cm³/mol. The Kier molecular flexibility index (Phi) is 4.40. The molecule has 0 spiro atoms. The standard InChI is InChI=1S/C24H23N3O5/c1-11(2)27-23-19(24(29)26-27)18(13-6-9-16(30-4)17(10-13)31-5)22-20(25-23)14-7-8-15(28)12(3)21(14)32-22/h6-11,25H,1-5H3,(H,26,29). The van der Waals surface area contributed by atoms with Crippen molar-refractivity contribution in [3.05, 3.63) is 56.5 Å². The van der Waals surface area contributed by atoms with E-state index in [-0.39, 0.29) is 17.0 Å². The number of pyridine rings is 1. The molecular formula is C24H23N3O5. The van der Waals surface area contributed by atoms with E-state index >= 15 is 0 Å². The van der Waals surface area contributed by atoms with Gasteiger partial charge >= 0.3 is 0 Å². The molecule has 0 aliphatic heterocycles. The Bertz CT molecular complexity index is 1630. The van der Waals surface area contributed by atoms with Crippen LogP contribution in [0.3, 0.4) is 0 Å². The van der Waals surface area contributed by atoms with Crippen molar-refractivity contribution in [2.45, 2.75) is 26.8 Å². The highest BCUT2D eigenvalue weighted by atomic mass is 16.5. The summed E-state index contributed by atoms with van der Waals surface area (Å²) < 4.78 is 18.9. The van der Waals surface area contributed by atoms with Crippen LogP contribution in [0.15, 0.2) is 44.3 Å². The van der Waals surface area contributed by atoms with Crippen LogP contribution in [-0.4, -0.2) is 29.0 Å². The van der Waals surface area contributed by atoms with Gasteiger partial charge in [0, 0.05) is 22.6 Å². The van der Waals surface area contributed by atoms with E-state index in [0.29, 0.717) is 50.3 Å². The largest absolute Gasteiger partial charge is 0.493 e. The molecule has 0 saturated carbocycles. The van der Waals surface area contributed by atoms with E-state index in [9.17, 15) is 9.59 Å². The lowest BCUT2D eigenvalue weighted by atomic mass is 10.0. The number of aryl methyl sites for hydroxylation is 1. The molecule has 0 aliphatic carbocycles. The zero-order valence-corrected chi connectivity index (χ0v) is 18.5. The Morgan fingerprint density at radius 3 is 2.44 bits per heavy atom. The fourth-order valence-corrected chi connectivity index (χ4v) is 4.27. The average Bonchev–Trinajstić information content (AvgIpc) is 3.32. The van der Waals surface area contributed by atoms with Gasteiger partial charge in [-0.2, -0.15) is 0 Å². The number of nitrogens with zero attached hydrogens (tertiary/aromatic N) is 1. The van der Waals surface area contributed by atoms with Crippen molar-refractivity contribution in [3.8, 4) is 22.6 Å². The SMILES string of the molecule is COc1ccc(-c2c3oc4c(C)c(=O)ccc4c3[nH]c3c2c(=O)[nH]n3C(C)C)cc1OC. The van der Waals surface area contributed by atoms with E-state index in [1.165, 1.54) is 6.07 Å². The summed E-state index contributed by atoms with van der Waals surface area (Å²) in [6, 6.07) is 8.77. The van der Waals surface area contributed by atoms with Gasteiger partial charge in [0.05, 0.1) is 25.1 Å². The van der Waals surface area contributed by atoms with Crippen LogP contribution in [0.5, 0.6) is 11.5 Å². The van der Waals surface area contributed by atoms with Crippen LogP contribution in [0.1, 0.15) is 25.5 Å². The van der Waals surface area contributed by atoms with E-state index in [0.717, 1.165) is 10.9 Å². The van der Waals surface area contributed by atoms with Gasteiger partial charge in [-0.05, 0) is 50.6 Å². The van der Waals surface area contributed by atoms with Gasteiger partial charge in [-0.15, -0.1) is 0 Å². The van der Waals surface area contributed by atoms with Gasteiger partial charge in [-0.3, -0.25) is 19.4 Å². The molecule has 0 radical (unpaired) electrons. The van der Waals surface area contributed by atoms with Gasteiger partial charge in [0.25, 0.3) is 5.56 Å². The van der Waals surface area contributed by atoms with Crippen LogP contribution in [0.25, 0.3) is 44.2 Å². The van der Waals surface area contributed by atoms with Crippen molar-refractivity contribution in [2.24, 2.45) is 0 Å². The monoisotopic (exact) mass is 433 g/mol.